The van der Waals surface area contributed by atoms with E-state index in [0.29, 0.717) is 6.54 Å². The number of fused-ring (bicyclic) bond motifs is 3. The van der Waals surface area contributed by atoms with E-state index in [-0.39, 0.29) is 11.5 Å². The molecule has 6 heteroatoms. The zero-order chi connectivity index (χ0) is 18.3. The van der Waals surface area contributed by atoms with E-state index in [0.717, 1.165) is 68.2 Å². The Bertz CT molecular complexity index is 870. The average Bonchev–Trinajstić information content (AvgIpc) is 3.34. The number of rotatable bonds is 3. The van der Waals surface area contributed by atoms with E-state index in [9.17, 15) is 4.79 Å². The van der Waals surface area contributed by atoms with Crippen LogP contribution in [0, 0.1) is 0 Å². The van der Waals surface area contributed by atoms with E-state index in [1.54, 1.807) is 11.3 Å². The Morgan fingerprint density at radius 2 is 2.00 bits per heavy atom. The minimum absolute atomic E-state index is 0.00947. The van der Waals surface area contributed by atoms with Gasteiger partial charge in [-0.3, -0.25) is 4.79 Å². The summed E-state index contributed by atoms with van der Waals surface area (Å²) in [6, 6.07) is 8.26. The maximum Gasteiger partial charge on any atom is 0.261 e. The molecule has 3 aliphatic rings. The molecule has 5 nitrogen and oxygen atoms in total. The van der Waals surface area contributed by atoms with Crippen LogP contribution in [0.3, 0.4) is 0 Å². The van der Waals surface area contributed by atoms with Gasteiger partial charge in [0.05, 0.1) is 18.1 Å². The van der Waals surface area contributed by atoms with Gasteiger partial charge in [0.2, 0.25) is 0 Å². The molecule has 0 saturated carbocycles. The molecular formula is C21H24N2O3S. The molecule has 4 heterocycles. The van der Waals surface area contributed by atoms with Crippen molar-refractivity contribution in [3.63, 3.8) is 0 Å². The minimum atomic E-state index is -0.179. The van der Waals surface area contributed by atoms with Gasteiger partial charge in [0.15, 0.2) is 0 Å². The molecule has 1 amide bonds. The Morgan fingerprint density at radius 1 is 1.15 bits per heavy atom. The second-order valence-corrected chi connectivity index (χ2v) is 8.58. The van der Waals surface area contributed by atoms with E-state index in [1.807, 2.05) is 12.1 Å². The lowest BCUT2D eigenvalue weighted by Gasteiger charge is -2.40. The van der Waals surface area contributed by atoms with Gasteiger partial charge in [0.1, 0.15) is 11.4 Å². The van der Waals surface area contributed by atoms with Crippen LogP contribution in [0.2, 0.25) is 0 Å². The number of nitrogens with one attached hydrogen (secondary N) is 2. The largest absolute Gasteiger partial charge is 0.493 e. The number of amides is 1. The maximum absolute atomic E-state index is 12.8. The molecule has 0 unspecified atom stereocenters. The molecule has 5 rings (SSSR count). The first-order chi connectivity index (χ1) is 13.2. The molecule has 1 saturated heterocycles. The van der Waals surface area contributed by atoms with Crippen molar-refractivity contribution in [2.24, 2.45) is 0 Å². The number of benzene rings is 1. The third-order valence-electron chi connectivity index (χ3n) is 5.81. The van der Waals surface area contributed by atoms with Crippen LogP contribution in [-0.4, -0.2) is 32.2 Å². The second kappa shape index (κ2) is 6.93. The fraction of sp³-hybridized carbons (Fsp3) is 0.476. The van der Waals surface area contributed by atoms with Crippen molar-refractivity contribution in [1.29, 1.82) is 0 Å². The topological polar surface area (TPSA) is 59.6 Å². The summed E-state index contributed by atoms with van der Waals surface area (Å²) in [5.41, 5.74) is 3.47. The first-order valence-electron chi connectivity index (χ1n) is 9.74. The highest BCUT2D eigenvalue weighted by Gasteiger charge is 2.41. The predicted molar refractivity (Wildman–Crippen MR) is 105 cm³/mol. The van der Waals surface area contributed by atoms with E-state index in [2.05, 4.69) is 22.8 Å². The van der Waals surface area contributed by atoms with Crippen molar-refractivity contribution < 1.29 is 14.3 Å². The lowest BCUT2D eigenvalue weighted by atomic mass is 9.86. The van der Waals surface area contributed by atoms with Crippen molar-refractivity contribution in [2.45, 2.75) is 37.8 Å². The highest BCUT2D eigenvalue weighted by Crippen LogP contribution is 2.44. The van der Waals surface area contributed by atoms with Crippen LogP contribution in [0.5, 0.6) is 5.75 Å². The van der Waals surface area contributed by atoms with Gasteiger partial charge in [-0.2, -0.15) is 0 Å². The first kappa shape index (κ1) is 17.2. The summed E-state index contributed by atoms with van der Waals surface area (Å²) in [5.74, 6) is 0.985. The van der Waals surface area contributed by atoms with Crippen molar-refractivity contribution in [2.75, 3.05) is 26.3 Å². The van der Waals surface area contributed by atoms with E-state index < -0.39 is 0 Å². The van der Waals surface area contributed by atoms with E-state index >= 15 is 0 Å². The highest BCUT2D eigenvalue weighted by molar-refractivity contribution is 7.14. The molecule has 2 aromatic rings. The fourth-order valence-corrected chi connectivity index (χ4v) is 5.68. The molecule has 142 valence electrons. The lowest BCUT2D eigenvalue weighted by Crippen LogP contribution is -2.43. The highest BCUT2D eigenvalue weighted by atomic mass is 32.1. The standard InChI is InChI=1S/C21H24N2O3S/c24-20(23-13-14-1-2-17-15(11-14)3-9-25-17)18-12-16-4-10-26-21(19(16)27-18)5-7-22-8-6-21/h1-2,11-12,22H,3-10,13H2,(H,23,24). The number of piperidine rings is 1. The molecule has 0 atom stereocenters. The van der Waals surface area contributed by atoms with E-state index in [4.69, 9.17) is 9.47 Å². The predicted octanol–water partition coefficient (Wildman–Crippen LogP) is 2.76. The fourth-order valence-electron chi connectivity index (χ4n) is 4.36. The maximum atomic E-state index is 12.8. The SMILES string of the molecule is O=C(NCc1ccc2c(c1)CCO2)c1cc2c(s1)C1(CCNCC1)OCC2. The zero-order valence-electron chi connectivity index (χ0n) is 15.3. The molecule has 2 N–H and O–H groups in total. The monoisotopic (exact) mass is 384 g/mol. The molecule has 1 aromatic carbocycles. The van der Waals surface area contributed by atoms with Gasteiger partial charge in [-0.25, -0.2) is 0 Å². The summed E-state index contributed by atoms with van der Waals surface area (Å²) in [7, 11) is 0. The number of hydrogen-bond acceptors (Lipinski definition) is 5. The molecule has 27 heavy (non-hydrogen) atoms. The third-order valence-corrected chi connectivity index (χ3v) is 7.18. The van der Waals surface area contributed by atoms with Crippen molar-refractivity contribution >= 4 is 17.2 Å². The normalized spacial score (nSPS) is 20.0. The molecule has 0 bridgehead atoms. The quantitative estimate of drug-likeness (QED) is 0.854. The average molecular weight is 385 g/mol. The third kappa shape index (κ3) is 3.16. The Morgan fingerprint density at radius 3 is 2.89 bits per heavy atom. The van der Waals surface area contributed by atoms with Crippen LogP contribution in [-0.2, 0) is 29.7 Å². The van der Waals surface area contributed by atoms with E-state index in [1.165, 1.54) is 16.0 Å². The number of thiophene rings is 1. The minimum Gasteiger partial charge on any atom is -0.493 e. The van der Waals surface area contributed by atoms with Gasteiger partial charge >= 0.3 is 0 Å². The van der Waals surface area contributed by atoms with Crippen molar-refractivity contribution in [1.82, 2.24) is 10.6 Å². The van der Waals surface area contributed by atoms with Crippen LogP contribution in [0.1, 0.15) is 44.1 Å². The molecule has 3 aliphatic heterocycles. The van der Waals surface area contributed by atoms with Crippen LogP contribution in [0.25, 0.3) is 0 Å². The first-order valence-corrected chi connectivity index (χ1v) is 10.6. The summed E-state index contributed by atoms with van der Waals surface area (Å²) in [4.78, 5) is 14.8. The van der Waals surface area contributed by atoms with Crippen LogP contribution >= 0.6 is 11.3 Å². The molecule has 0 aliphatic carbocycles. The number of hydrogen-bond donors (Lipinski definition) is 2. The van der Waals surface area contributed by atoms with Gasteiger partial charge in [-0.1, -0.05) is 12.1 Å². The summed E-state index contributed by atoms with van der Waals surface area (Å²) in [6.45, 7) is 4.00. The molecule has 0 radical (unpaired) electrons. The molecule has 1 fully saturated rings. The van der Waals surface area contributed by atoms with Gasteiger partial charge in [-0.15, -0.1) is 11.3 Å². The smallest absolute Gasteiger partial charge is 0.261 e. The Hall–Kier alpha value is -1.89. The van der Waals surface area contributed by atoms with Gasteiger partial charge in [0.25, 0.3) is 5.91 Å². The number of carbonyl (C=O) groups is 1. The van der Waals surface area contributed by atoms with Gasteiger partial charge in [0, 0.05) is 17.8 Å². The van der Waals surface area contributed by atoms with Crippen LogP contribution in [0.4, 0.5) is 0 Å². The Labute approximate surface area is 163 Å². The Balaban J connectivity index is 1.31. The lowest BCUT2D eigenvalue weighted by molar-refractivity contribution is -0.0771. The summed E-state index contributed by atoms with van der Waals surface area (Å²) < 4.78 is 11.8. The van der Waals surface area contributed by atoms with Crippen molar-refractivity contribution in [3.05, 3.63) is 50.7 Å². The van der Waals surface area contributed by atoms with Crippen LogP contribution < -0.4 is 15.4 Å². The second-order valence-electron chi connectivity index (χ2n) is 7.53. The molecule has 1 spiro atoms. The van der Waals surface area contributed by atoms with Crippen molar-refractivity contribution in [3.8, 4) is 5.75 Å². The van der Waals surface area contributed by atoms with Gasteiger partial charge in [-0.05, 0) is 61.2 Å². The van der Waals surface area contributed by atoms with Crippen LogP contribution in [0.15, 0.2) is 24.3 Å². The molecule has 1 aromatic heterocycles. The summed E-state index contributed by atoms with van der Waals surface area (Å²) >= 11 is 1.62. The number of ether oxygens (including phenoxy) is 2. The summed E-state index contributed by atoms with van der Waals surface area (Å²) in [5, 5.41) is 6.49. The zero-order valence-corrected chi connectivity index (χ0v) is 16.1. The summed E-state index contributed by atoms with van der Waals surface area (Å²) in [6.07, 6.45) is 3.82. The van der Waals surface area contributed by atoms with Gasteiger partial charge < -0.3 is 20.1 Å². The molecular weight excluding hydrogens is 360 g/mol. The number of carbonyl (C=O) groups excluding carboxylic acids is 1. The Kier molecular flexibility index (Phi) is 4.42.